The summed E-state index contributed by atoms with van der Waals surface area (Å²) in [5.74, 6) is 0.836. The number of hydrogen-bond donors (Lipinski definition) is 1. The van der Waals surface area contributed by atoms with Crippen LogP contribution in [0.15, 0.2) is 36.7 Å². The largest absolute Gasteiger partial charge is 0.312 e. The number of rotatable bonds is 4. The molecule has 0 amide bonds. The first-order chi connectivity index (χ1) is 9.83. The summed E-state index contributed by atoms with van der Waals surface area (Å²) in [7, 11) is 2.22. The van der Waals surface area contributed by atoms with Crippen LogP contribution < -0.4 is 5.32 Å². The molecule has 1 fully saturated rings. The molecule has 0 unspecified atom stereocenters. The molecule has 3 heteroatoms. The highest BCUT2D eigenvalue weighted by Gasteiger charge is 2.15. The summed E-state index contributed by atoms with van der Waals surface area (Å²) < 4.78 is 0. The number of benzene rings is 1. The summed E-state index contributed by atoms with van der Waals surface area (Å²) in [4.78, 5) is 6.61. The van der Waals surface area contributed by atoms with E-state index in [9.17, 15) is 0 Å². The lowest BCUT2D eigenvalue weighted by molar-refractivity contribution is 0.216. The van der Waals surface area contributed by atoms with Crippen LogP contribution in [0.2, 0.25) is 0 Å². The summed E-state index contributed by atoms with van der Waals surface area (Å²) in [6.45, 7) is 4.57. The van der Waals surface area contributed by atoms with Crippen molar-refractivity contribution < 1.29 is 0 Å². The van der Waals surface area contributed by atoms with Gasteiger partial charge in [-0.1, -0.05) is 18.2 Å². The molecule has 2 aromatic rings. The highest BCUT2D eigenvalue weighted by atomic mass is 15.1. The standard InChI is InChI=1S/C17H23N3/c1-20-9-6-14(7-10-20)11-19-13-16-4-2-3-15-12-18-8-5-17(15)16/h2-5,8,12,14,19H,6-7,9-11,13H2,1H3. The molecule has 3 rings (SSSR count). The molecule has 0 aliphatic carbocycles. The fraction of sp³-hybridized carbons (Fsp3) is 0.471. The lowest BCUT2D eigenvalue weighted by Crippen LogP contribution is -2.34. The number of hydrogen-bond acceptors (Lipinski definition) is 3. The summed E-state index contributed by atoms with van der Waals surface area (Å²) in [6, 6.07) is 8.57. The van der Waals surface area contributed by atoms with Crippen LogP contribution in [0.4, 0.5) is 0 Å². The molecule has 2 heterocycles. The molecule has 0 radical (unpaired) electrons. The lowest BCUT2D eigenvalue weighted by atomic mass is 9.97. The van der Waals surface area contributed by atoms with Crippen molar-refractivity contribution in [3.8, 4) is 0 Å². The van der Waals surface area contributed by atoms with Gasteiger partial charge < -0.3 is 10.2 Å². The van der Waals surface area contributed by atoms with Crippen LogP contribution in [0.5, 0.6) is 0 Å². The van der Waals surface area contributed by atoms with E-state index in [1.165, 1.54) is 42.3 Å². The second-order valence-corrected chi connectivity index (χ2v) is 5.89. The Balaban J connectivity index is 1.57. The van der Waals surface area contributed by atoms with Gasteiger partial charge in [-0.2, -0.15) is 0 Å². The molecule has 3 nitrogen and oxygen atoms in total. The Labute approximate surface area is 121 Å². The molecule has 1 aromatic heterocycles. The number of pyridine rings is 1. The van der Waals surface area contributed by atoms with Crippen molar-refractivity contribution in [2.75, 3.05) is 26.7 Å². The Morgan fingerprint density at radius 3 is 2.95 bits per heavy atom. The number of aromatic nitrogens is 1. The van der Waals surface area contributed by atoms with Gasteiger partial charge in [0, 0.05) is 24.3 Å². The van der Waals surface area contributed by atoms with Crippen LogP contribution in [0, 0.1) is 5.92 Å². The van der Waals surface area contributed by atoms with Gasteiger partial charge >= 0.3 is 0 Å². The number of likely N-dealkylation sites (tertiary alicyclic amines) is 1. The molecule has 1 aromatic carbocycles. The van der Waals surface area contributed by atoms with Gasteiger partial charge in [-0.3, -0.25) is 4.98 Å². The van der Waals surface area contributed by atoms with Crippen LogP contribution in [-0.2, 0) is 6.54 Å². The average molecular weight is 269 g/mol. The van der Waals surface area contributed by atoms with Crippen molar-refractivity contribution in [3.63, 3.8) is 0 Å². The minimum atomic E-state index is 0.836. The molecular weight excluding hydrogens is 246 g/mol. The van der Waals surface area contributed by atoms with Crippen molar-refractivity contribution in [1.29, 1.82) is 0 Å². The quantitative estimate of drug-likeness (QED) is 0.925. The second kappa shape index (κ2) is 6.33. The van der Waals surface area contributed by atoms with Gasteiger partial charge in [0.05, 0.1) is 0 Å². The maximum atomic E-state index is 4.19. The van der Waals surface area contributed by atoms with Crippen molar-refractivity contribution in [3.05, 3.63) is 42.2 Å². The highest BCUT2D eigenvalue weighted by Crippen LogP contribution is 2.18. The number of nitrogens with one attached hydrogen (secondary N) is 1. The first-order valence-corrected chi connectivity index (χ1v) is 7.54. The van der Waals surface area contributed by atoms with Crippen molar-refractivity contribution in [1.82, 2.24) is 15.2 Å². The van der Waals surface area contributed by atoms with E-state index < -0.39 is 0 Å². The highest BCUT2D eigenvalue weighted by molar-refractivity contribution is 5.84. The smallest absolute Gasteiger partial charge is 0.0346 e. The first-order valence-electron chi connectivity index (χ1n) is 7.54. The molecule has 1 aliphatic heterocycles. The number of fused-ring (bicyclic) bond motifs is 1. The van der Waals surface area contributed by atoms with E-state index in [4.69, 9.17) is 0 Å². The molecule has 0 atom stereocenters. The summed E-state index contributed by atoms with van der Waals surface area (Å²) in [5.41, 5.74) is 1.37. The third-order valence-corrected chi connectivity index (χ3v) is 4.36. The zero-order valence-electron chi connectivity index (χ0n) is 12.2. The predicted molar refractivity (Wildman–Crippen MR) is 83.7 cm³/mol. The second-order valence-electron chi connectivity index (χ2n) is 5.89. The normalized spacial score (nSPS) is 17.6. The van der Waals surface area contributed by atoms with Gasteiger partial charge in [0.1, 0.15) is 0 Å². The summed E-state index contributed by atoms with van der Waals surface area (Å²) in [5, 5.41) is 6.19. The molecule has 20 heavy (non-hydrogen) atoms. The molecule has 0 saturated carbocycles. The third-order valence-electron chi connectivity index (χ3n) is 4.36. The van der Waals surface area contributed by atoms with Crippen molar-refractivity contribution in [2.45, 2.75) is 19.4 Å². The molecule has 106 valence electrons. The van der Waals surface area contributed by atoms with E-state index in [2.05, 4.69) is 46.5 Å². The van der Waals surface area contributed by atoms with Gasteiger partial charge in [0.25, 0.3) is 0 Å². The molecule has 1 N–H and O–H groups in total. The fourth-order valence-electron chi connectivity index (χ4n) is 3.02. The topological polar surface area (TPSA) is 28.2 Å². The minimum Gasteiger partial charge on any atom is -0.312 e. The summed E-state index contributed by atoms with van der Waals surface area (Å²) >= 11 is 0. The Morgan fingerprint density at radius 2 is 2.10 bits per heavy atom. The van der Waals surface area contributed by atoms with Gasteiger partial charge in [-0.05, 0) is 62.5 Å². The van der Waals surface area contributed by atoms with Crippen LogP contribution in [0.3, 0.4) is 0 Å². The van der Waals surface area contributed by atoms with E-state index in [1.54, 1.807) is 0 Å². The SMILES string of the molecule is CN1CCC(CNCc2cccc3cnccc23)CC1. The van der Waals surface area contributed by atoms with Crippen LogP contribution in [-0.4, -0.2) is 36.6 Å². The number of piperidine rings is 1. The molecular formula is C17H23N3. The molecule has 1 aliphatic rings. The van der Waals surface area contributed by atoms with Gasteiger partial charge in [-0.25, -0.2) is 0 Å². The fourth-order valence-corrected chi connectivity index (χ4v) is 3.02. The Hall–Kier alpha value is -1.45. The number of nitrogens with zero attached hydrogens (tertiary/aromatic N) is 2. The van der Waals surface area contributed by atoms with Crippen molar-refractivity contribution >= 4 is 10.8 Å². The zero-order chi connectivity index (χ0) is 13.8. The maximum absolute atomic E-state index is 4.19. The predicted octanol–water partition coefficient (Wildman–Crippen LogP) is 2.67. The maximum Gasteiger partial charge on any atom is 0.0346 e. The van der Waals surface area contributed by atoms with Gasteiger partial charge in [0.2, 0.25) is 0 Å². The van der Waals surface area contributed by atoms with E-state index in [0.29, 0.717) is 0 Å². The monoisotopic (exact) mass is 269 g/mol. The van der Waals surface area contributed by atoms with E-state index >= 15 is 0 Å². The molecule has 0 spiro atoms. The van der Waals surface area contributed by atoms with Crippen LogP contribution >= 0.6 is 0 Å². The minimum absolute atomic E-state index is 0.836. The van der Waals surface area contributed by atoms with Crippen LogP contribution in [0.1, 0.15) is 18.4 Å². The molecule has 0 bridgehead atoms. The Bertz CT molecular complexity index is 554. The Morgan fingerprint density at radius 1 is 1.25 bits per heavy atom. The van der Waals surface area contributed by atoms with Crippen LogP contribution in [0.25, 0.3) is 10.8 Å². The van der Waals surface area contributed by atoms with E-state index in [1.807, 2.05) is 12.4 Å². The Kier molecular flexibility index (Phi) is 4.28. The average Bonchev–Trinajstić information content (AvgIpc) is 2.49. The van der Waals surface area contributed by atoms with Gasteiger partial charge in [-0.15, -0.1) is 0 Å². The first kappa shape index (κ1) is 13.5. The zero-order valence-corrected chi connectivity index (χ0v) is 12.2. The lowest BCUT2D eigenvalue weighted by Gasteiger charge is -2.29. The molecule has 1 saturated heterocycles. The van der Waals surface area contributed by atoms with Gasteiger partial charge in [0.15, 0.2) is 0 Å². The van der Waals surface area contributed by atoms with Crippen molar-refractivity contribution in [2.24, 2.45) is 5.92 Å². The summed E-state index contributed by atoms with van der Waals surface area (Å²) in [6.07, 6.45) is 6.46. The van der Waals surface area contributed by atoms with E-state index in [-0.39, 0.29) is 0 Å². The third kappa shape index (κ3) is 3.17. The van der Waals surface area contributed by atoms with E-state index in [0.717, 1.165) is 19.0 Å².